The lowest BCUT2D eigenvalue weighted by molar-refractivity contribution is -0.258. The first-order valence-electron chi connectivity index (χ1n) is 6.32. The van der Waals surface area contributed by atoms with Crippen molar-refractivity contribution in [2.24, 2.45) is 0 Å². The predicted molar refractivity (Wildman–Crippen MR) is 65.6 cm³/mol. The zero-order chi connectivity index (χ0) is 13.0. The van der Waals surface area contributed by atoms with Crippen molar-refractivity contribution in [2.45, 2.75) is 45.4 Å². The fourth-order valence-corrected chi connectivity index (χ4v) is 1.91. The van der Waals surface area contributed by atoms with Crippen LogP contribution in [0.2, 0.25) is 0 Å². The molecule has 0 radical (unpaired) electrons. The number of rotatable bonds is 4. The number of ether oxygens (including phenoxy) is 3. The molecule has 3 nitrogen and oxygen atoms in total. The quantitative estimate of drug-likeness (QED) is 0.827. The average molecular weight is 254 g/mol. The van der Waals surface area contributed by atoms with E-state index in [1.165, 1.54) is 6.07 Å². The van der Waals surface area contributed by atoms with Gasteiger partial charge >= 0.3 is 0 Å². The molecule has 100 valence electrons. The van der Waals surface area contributed by atoms with Crippen LogP contribution in [-0.4, -0.2) is 25.1 Å². The maximum Gasteiger partial charge on any atom is 0.157 e. The van der Waals surface area contributed by atoms with Crippen molar-refractivity contribution in [3.05, 3.63) is 35.6 Å². The molecule has 4 heteroatoms. The number of hydrogen-bond donors (Lipinski definition) is 0. The minimum Gasteiger partial charge on any atom is -0.368 e. The van der Waals surface area contributed by atoms with E-state index in [2.05, 4.69) is 0 Å². The monoisotopic (exact) mass is 254 g/mol. The summed E-state index contributed by atoms with van der Waals surface area (Å²) in [5.41, 5.74) is 0.558. The summed E-state index contributed by atoms with van der Waals surface area (Å²) >= 11 is 0. The van der Waals surface area contributed by atoms with Crippen LogP contribution in [0, 0.1) is 5.82 Å². The first kappa shape index (κ1) is 13.5. The minimum absolute atomic E-state index is 0.0320. The Hall–Kier alpha value is -0.970. The molecule has 1 aromatic carbocycles. The third kappa shape index (κ3) is 3.28. The van der Waals surface area contributed by atoms with E-state index in [-0.39, 0.29) is 30.9 Å². The van der Waals surface area contributed by atoms with E-state index in [1.807, 2.05) is 13.8 Å². The average Bonchev–Trinajstić information content (AvgIpc) is 2.39. The van der Waals surface area contributed by atoms with E-state index < -0.39 is 0 Å². The molecule has 1 aromatic rings. The van der Waals surface area contributed by atoms with Gasteiger partial charge < -0.3 is 14.2 Å². The van der Waals surface area contributed by atoms with Crippen LogP contribution in [0.4, 0.5) is 4.39 Å². The van der Waals surface area contributed by atoms with E-state index in [0.29, 0.717) is 12.2 Å². The van der Waals surface area contributed by atoms with Crippen molar-refractivity contribution >= 4 is 0 Å². The van der Waals surface area contributed by atoms with Gasteiger partial charge in [-0.15, -0.1) is 0 Å². The predicted octanol–water partition coefficient (Wildman–Crippen LogP) is 2.88. The van der Waals surface area contributed by atoms with Gasteiger partial charge in [0.1, 0.15) is 11.9 Å². The summed E-state index contributed by atoms with van der Waals surface area (Å²) in [5, 5.41) is 0. The van der Waals surface area contributed by atoms with E-state index in [9.17, 15) is 4.39 Å². The maximum absolute atomic E-state index is 13.4. The summed E-state index contributed by atoms with van der Waals surface area (Å²) in [7, 11) is 0. The van der Waals surface area contributed by atoms with Gasteiger partial charge in [-0.25, -0.2) is 4.39 Å². The lowest BCUT2D eigenvalue weighted by Crippen LogP contribution is -2.43. The molecular weight excluding hydrogens is 235 g/mol. The molecule has 0 N–H and O–H groups in total. The molecule has 0 aliphatic carbocycles. The normalized spacial score (nSPS) is 28.3. The standard InChI is InChI=1S/C14H19FO3/c1-3-14-17-9-13(10(2)18-14)16-8-11-6-4-5-7-12(11)15/h4-7,10,13-14H,3,8-9H2,1-2H3/t10-,13-,14+/m1/s1. The van der Waals surface area contributed by atoms with Crippen molar-refractivity contribution in [1.29, 1.82) is 0 Å². The molecule has 0 saturated carbocycles. The smallest absolute Gasteiger partial charge is 0.157 e. The third-order valence-electron chi connectivity index (χ3n) is 3.08. The Morgan fingerprint density at radius 1 is 1.39 bits per heavy atom. The lowest BCUT2D eigenvalue weighted by atomic mass is 10.2. The first-order chi connectivity index (χ1) is 8.70. The molecule has 0 amide bonds. The molecule has 1 heterocycles. The zero-order valence-electron chi connectivity index (χ0n) is 10.8. The van der Waals surface area contributed by atoms with Crippen LogP contribution >= 0.6 is 0 Å². The molecule has 0 bridgehead atoms. The molecule has 1 saturated heterocycles. The molecular formula is C14H19FO3. The van der Waals surface area contributed by atoms with Crippen LogP contribution < -0.4 is 0 Å². The highest BCUT2D eigenvalue weighted by Crippen LogP contribution is 2.19. The van der Waals surface area contributed by atoms with Gasteiger partial charge in [-0.05, 0) is 19.4 Å². The first-order valence-corrected chi connectivity index (χ1v) is 6.32. The summed E-state index contributed by atoms with van der Waals surface area (Å²) in [5.74, 6) is -0.241. The van der Waals surface area contributed by atoms with Gasteiger partial charge in [0.15, 0.2) is 6.29 Å². The minimum atomic E-state index is -0.241. The van der Waals surface area contributed by atoms with Gasteiger partial charge in [0.25, 0.3) is 0 Å². The van der Waals surface area contributed by atoms with Crippen molar-refractivity contribution < 1.29 is 18.6 Å². The van der Waals surface area contributed by atoms with Crippen LogP contribution in [0.3, 0.4) is 0 Å². The summed E-state index contributed by atoms with van der Waals surface area (Å²) in [6.45, 7) is 4.70. The van der Waals surface area contributed by atoms with Gasteiger partial charge in [-0.2, -0.15) is 0 Å². The second kappa shape index (κ2) is 6.27. The Bertz CT molecular complexity index is 383. The molecule has 0 unspecified atom stereocenters. The van der Waals surface area contributed by atoms with Gasteiger partial charge in [0.2, 0.25) is 0 Å². The van der Waals surface area contributed by atoms with Gasteiger partial charge in [-0.3, -0.25) is 0 Å². The Morgan fingerprint density at radius 2 is 2.17 bits per heavy atom. The van der Waals surface area contributed by atoms with Crippen molar-refractivity contribution in [2.75, 3.05) is 6.61 Å². The van der Waals surface area contributed by atoms with Gasteiger partial charge in [0.05, 0.1) is 19.3 Å². The molecule has 0 aromatic heterocycles. The summed E-state index contributed by atoms with van der Waals surface area (Å²) in [6, 6.07) is 6.62. The largest absolute Gasteiger partial charge is 0.368 e. The number of hydrogen-bond acceptors (Lipinski definition) is 3. The number of benzene rings is 1. The van der Waals surface area contributed by atoms with E-state index in [1.54, 1.807) is 18.2 Å². The molecule has 1 aliphatic rings. The van der Waals surface area contributed by atoms with Gasteiger partial charge in [-0.1, -0.05) is 25.1 Å². The lowest BCUT2D eigenvalue weighted by Gasteiger charge is -2.34. The second-order valence-corrected chi connectivity index (χ2v) is 4.45. The van der Waals surface area contributed by atoms with Gasteiger partial charge in [0, 0.05) is 5.56 Å². The van der Waals surface area contributed by atoms with Crippen LogP contribution in [0.5, 0.6) is 0 Å². The maximum atomic E-state index is 13.4. The second-order valence-electron chi connectivity index (χ2n) is 4.45. The molecule has 2 rings (SSSR count). The van der Waals surface area contributed by atoms with E-state index >= 15 is 0 Å². The Kier molecular flexibility index (Phi) is 4.69. The Balaban J connectivity index is 1.86. The topological polar surface area (TPSA) is 27.7 Å². The zero-order valence-corrected chi connectivity index (χ0v) is 10.8. The summed E-state index contributed by atoms with van der Waals surface area (Å²) in [4.78, 5) is 0. The van der Waals surface area contributed by atoms with Crippen LogP contribution in [0.15, 0.2) is 24.3 Å². The fraction of sp³-hybridized carbons (Fsp3) is 0.571. The third-order valence-corrected chi connectivity index (χ3v) is 3.08. The van der Waals surface area contributed by atoms with Crippen LogP contribution in [0.1, 0.15) is 25.8 Å². The number of halogens is 1. The van der Waals surface area contributed by atoms with Crippen molar-refractivity contribution in [1.82, 2.24) is 0 Å². The molecule has 1 aliphatic heterocycles. The van der Waals surface area contributed by atoms with Crippen LogP contribution in [-0.2, 0) is 20.8 Å². The fourth-order valence-electron chi connectivity index (χ4n) is 1.91. The van der Waals surface area contributed by atoms with Crippen molar-refractivity contribution in [3.63, 3.8) is 0 Å². The van der Waals surface area contributed by atoms with Crippen LogP contribution in [0.25, 0.3) is 0 Å². The molecule has 3 atom stereocenters. The molecule has 1 fully saturated rings. The Labute approximate surface area is 107 Å². The highest BCUT2D eigenvalue weighted by atomic mass is 19.1. The summed E-state index contributed by atoms with van der Waals surface area (Å²) < 4.78 is 30.2. The summed E-state index contributed by atoms with van der Waals surface area (Å²) in [6.07, 6.45) is 0.501. The van der Waals surface area contributed by atoms with Crippen molar-refractivity contribution in [3.8, 4) is 0 Å². The highest BCUT2D eigenvalue weighted by Gasteiger charge is 2.28. The SMILES string of the molecule is CC[C@H]1OC[C@@H](OCc2ccccc2F)[C@@H](C)O1. The van der Waals surface area contributed by atoms with E-state index in [0.717, 1.165) is 6.42 Å². The van der Waals surface area contributed by atoms with E-state index in [4.69, 9.17) is 14.2 Å². The highest BCUT2D eigenvalue weighted by molar-refractivity contribution is 5.16. The molecule has 18 heavy (non-hydrogen) atoms. The Morgan fingerprint density at radius 3 is 2.83 bits per heavy atom. The molecule has 0 spiro atoms.